The second kappa shape index (κ2) is 10.4. The van der Waals surface area contributed by atoms with E-state index in [2.05, 4.69) is 5.32 Å². The number of aromatic nitrogens is 1. The Morgan fingerprint density at radius 2 is 1.54 bits per heavy atom. The van der Waals surface area contributed by atoms with Crippen molar-refractivity contribution in [2.45, 2.75) is 20.5 Å². The second-order valence-corrected chi connectivity index (χ2v) is 8.97. The molecule has 3 aromatic carbocycles. The highest BCUT2D eigenvalue weighted by Gasteiger charge is 2.37. The van der Waals surface area contributed by atoms with E-state index in [9.17, 15) is 23.2 Å². The number of rotatable bonds is 6. The third kappa shape index (κ3) is 5.06. The summed E-state index contributed by atoms with van der Waals surface area (Å²) in [6.45, 7) is 3.82. The van der Waals surface area contributed by atoms with Crippen molar-refractivity contribution in [2.75, 3.05) is 4.90 Å². The zero-order chi connectivity index (χ0) is 27.7. The molecule has 196 valence electrons. The Balaban J connectivity index is 1.40. The van der Waals surface area contributed by atoms with Crippen molar-refractivity contribution in [1.82, 2.24) is 9.88 Å². The first-order chi connectivity index (χ1) is 18.7. The van der Waals surface area contributed by atoms with Crippen molar-refractivity contribution in [3.63, 3.8) is 0 Å². The van der Waals surface area contributed by atoms with Gasteiger partial charge in [0.25, 0.3) is 11.8 Å². The van der Waals surface area contributed by atoms with Gasteiger partial charge in [0.15, 0.2) is 0 Å². The number of imide groups is 2. The molecule has 0 unspecified atom stereocenters. The number of benzene rings is 3. The van der Waals surface area contributed by atoms with Gasteiger partial charge in [-0.15, -0.1) is 0 Å². The average molecular weight is 528 g/mol. The maximum absolute atomic E-state index is 13.9. The summed E-state index contributed by atoms with van der Waals surface area (Å²) in [5.74, 6) is -1.90. The van der Waals surface area contributed by atoms with Crippen LogP contribution in [-0.2, 0) is 16.2 Å². The fraction of sp³-hybridized carbons (Fsp3) is 0.100. The molecule has 7 nitrogen and oxygen atoms in total. The molecule has 2 heterocycles. The zero-order valence-electron chi connectivity index (χ0n) is 21.1. The number of aryl methyl sites for hydroxylation is 1. The molecule has 1 aliphatic rings. The number of anilines is 1. The van der Waals surface area contributed by atoms with E-state index in [-0.39, 0.29) is 23.7 Å². The topological polar surface area (TPSA) is 80.6 Å². The maximum atomic E-state index is 13.9. The fourth-order valence-corrected chi connectivity index (χ4v) is 4.44. The molecule has 9 heteroatoms. The first kappa shape index (κ1) is 25.6. The molecule has 0 atom stereocenters. The normalized spacial score (nSPS) is 14.6. The van der Waals surface area contributed by atoms with Crippen molar-refractivity contribution in [3.8, 4) is 11.4 Å². The van der Waals surface area contributed by atoms with Crippen LogP contribution in [0.5, 0.6) is 5.75 Å². The number of hydrogen-bond donors (Lipinski definition) is 1. The van der Waals surface area contributed by atoms with Crippen LogP contribution in [0.2, 0.25) is 0 Å². The van der Waals surface area contributed by atoms with Crippen LogP contribution in [0.4, 0.5) is 19.3 Å². The Labute approximate surface area is 222 Å². The van der Waals surface area contributed by atoms with Crippen molar-refractivity contribution in [3.05, 3.63) is 119 Å². The number of ether oxygens (including phenoxy) is 1. The number of amides is 4. The molecule has 0 bridgehead atoms. The van der Waals surface area contributed by atoms with Crippen molar-refractivity contribution in [2.24, 2.45) is 0 Å². The Hall–Kier alpha value is -5.05. The zero-order valence-corrected chi connectivity index (χ0v) is 21.1. The predicted molar refractivity (Wildman–Crippen MR) is 141 cm³/mol. The lowest BCUT2D eigenvalue weighted by molar-refractivity contribution is -0.122. The summed E-state index contributed by atoms with van der Waals surface area (Å²) in [7, 11) is 0. The van der Waals surface area contributed by atoms with Crippen LogP contribution in [0.15, 0.2) is 84.4 Å². The van der Waals surface area contributed by atoms with E-state index in [1.54, 1.807) is 30.3 Å². The average Bonchev–Trinajstić information content (AvgIpc) is 3.19. The van der Waals surface area contributed by atoms with E-state index in [1.807, 2.05) is 36.6 Å². The molecule has 1 fully saturated rings. The fourth-order valence-electron chi connectivity index (χ4n) is 4.44. The van der Waals surface area contributed by atoms with E-state index < -0.39 is 23.7 Å². The van der Waals surface area contributed by atoms with Crippen LogP contribution in [0, 0.1) is 25.5 Å². The molecule has 4 amide bonds. The Morgan fingerprint density at radius 1 is 0.872 bits per heavy atom. The summed E-state index contributed by atoms with van der Waals surface area (Å²) in [6.07, 6.45) is 1.44. The predicted octanol–water partition coefficient (Wildman–Crippen LogP) is 5.62. The highest BCUT2D eigenvalue weighted by atomic mass is 19.1. The standard InChI is InChI=1S/C30H23F2N3O4/c1-18-15-21(16-26-28(36)33-30(38)35(29(26)37)24-9-7-22(31)8-10-24)19(2)34(18)23-11-13-25(14-12-23)39-17-20-5-3-4-6-27(20)32/h3-16H,17H2,1-2H3,(H,33,36,38)/b26-16+. The molecule has 4 aromatic rings. The highest BCUT2D eigenvalue weighted by molar-refractivity contribution is 6.39. The smallest absolute Gasteiger partial charge is 0.335 e. The van der Waals surface area contributed by atoms with Crippen molar-refractivity contribution in [1.29, 1.82) is 0 Å². The number of carbonyl (C=O) groups is 3. The van der Waals surface area contributed by atoms with Gasteiger partial charge in [-0.05, 0) is 86.2 Å². The minimum absolute atomic E-state index is 0.0961. The van der Waals surface area contributed by atoms with Gasteiger partial charge in [0.1, 0.15) is 29.6 Å². The summed E-state index contributed by atoms with van der Waals surface area (Å²) in [5.41, 5.74) is 3.39. The second-order valence-electron chi connectivity index (χ2n) is 8.97. The van der Waals surface area contributed by atoms with Gasteiger partial charge in [-0.25, -0.2) is 18.5 Å². The molecule has 39 heavy (non-hydrogen) atoms. The van der Waals surface area contributed by atoms with Gasteiger partial charge >= 0.3 is 6.03 Å². The Bertz CT molecular complexity index is 1620. The van der Waals surface area contributed by atoms with Crippen molar-refractivity contribution >= 4 is 29.6 Å². The van der Waals surface area contributed by atoms with E-state index in [1.165, 1.54) is 24.3 Å². The molecule has 0 radical (unpaired) electrons. The summed E-state index contributed by atoms with van der Waals surface area (Å²) in [6, 6.07) is 19.4. The monoisotopic (exact) mass is 527 g/mol. The summed E-state index contributed by atoms with van der Waals surface area (Å²) >= 11 is 0. The van der Waals surface area contributed by atoms with Gasteiger partial charge in [0, 0.05) is 22.6 Å². The summed E-state index contributed by atoms with van der Waals surface area (Å²) in [5, 5.41) is 2.17. The van der Waals surface area contributed by atoms with E-state index in [0.29, 0.717) is 16.9 Å². The minimum atomic E-state index is -0.906. The quantitative estimate of drug-likeness (QED) is 0.261. The Kier molecular flexibility index (Phi) is 6.81. The molecular formula is C30H23F2N3O4. The van der Waals surface area contributed by atoms with Gasteiger partial charge in [0.2, 0.25) is 0 Å². The molecule has 0 spiro atoms. The molecular weight excluding hydrogens is 504 g/mol. The lowest BCUT2D eigenvalue weighted by Gasteiger charge is -2.26. The van der Waals surface area contributed by atoms with Gasteiger partial charge < -0.3 is 9.30 Å². The number of carbonyl (C=O) groups excluding carboxylic acids is 3. The molecule has 0 saturated carbocycles. The lowest BCUT2D eigenvalue weighted by Crippen LogP contribution is -2.54. The third-order valence-electron chi connectivity index (χ3n) is 6.40. The van der Waals surface area contributed by atoms with Crippen LogP contribution < -0.4 is 15.0 Å². The lowest BCUT2D eigenvalue weighted by atomic mass is 10.1. The maximum Gasteiger partial charge on any atom is 0.335 e. The Morgan fingerprint density at radius 3 is 2.23 bits per heavy atom. The number of hydrogen-bond acceptors (Lipinski definition) is 4. The van der Waals surface area contributed by atoms with Crippen LogP contribution >= 0.6 is 0 Å². The van der Waals surface area contributed by atoms with Gasteiger partial charge in [-0.2, -0.15) is 0 Å². The SMILES string of the molecule is Cc1cc(/C=C2\C(=O)NC(=O)N(c3ccc(F)cc3)C2=O)c(C)n1-c1ccc(OCc2ccccc2F)cc1. The molecule has 1 N–H and O–H groups in total. The minimum Gasteiger partial charge on any atom is -0.489 e. The molecule has 1 aromatic heterocycles. The first-order valence-corrected chi connectivity index (χ1v) is 12.1. The largest absolute Gasteiger partial charge is 0.489 e. The van der Waals surface area contributed by atoms with Crippen LogP contribution in [0.3, 0.4) is 0 Å². The molecule has 5 rings (SSSR count). The summed E-state index contributed by atoms with van der Waals surface area (Å²) < 4.78 is 34.9. The molecule has 1 saturated heterocycles. The number of nitrogens with one attached hydrogen (secondary N) is 1. The van der Waals surface area contributed by atoms with Crippen LogP contribution in [0.1, 0.15) is 22.5 Å². The highest BCUT2D eigenvalue weighted by Crippen LogP contribution is 2.27. The first-order valence-electron chi connectivity index (χ1n) is 12.1. The van der Waals surface area contributed by atoms with E-state index in [0.717, 1.165) is 34.1 Å². The van der Waals surface area contributed by atoms with E-state index in [4.69, 9.17) is 4.74 Å². The number of urea groups is 1. The number of barbiturate groups is 1. The van der Waals surface area contributed by atoms with Gasteiger partial charge in [-0.3, -0.25) is 14.9 Å². The van der Waals surface area contributed by atoms with Crippen molar-refractivity contribution < 1.29 is 27.9 Å². The van der Waals surface area contributed by atoms with Crippen LogP contribution in [-0.4, -0.2) is 22.4 Å². The summed E-state index contributed by atoms with van der Waals surface area (Å²) in [4.78, 5) is 39.0. The molecule has 1 aliphatic heterocycles. The third-order valence-corrected chi connectivity index (χ3v) is 6.40. The number of nitrogens with zero attached hydrogens (tertiary/aromatic N) is 2. The van der Waals surface area contributed by atoms with Crippen LogP contribution in [0.25, 0.3) is 11.8 Å². The molecule has 0 aliphatic carbocycles. The van der Waals surface area contributed by atoms with Gasteiger partial charge in [-0.1, -0.05) is 18.2 Å². The van der Waals surface area contributed by atoms with Gasteiger partial charge in [0.05, 0.1) is 5.69 Å². The number of halogens is 2. The van der Waals surface area contributed by atoms with E-state index >= 15 is 0 Å².